The number of hydrogen-bond acceptors (Lipinski definition) is 3. The molecule has 0 saturated heterocycles. The average Bonchev–Trinajstić information content (AvgIpc) is 2.27. The molecule has 0 bridgehead atoms. The van der Waals surface area contributed by atoms with Crippen molar-refractivity contribution in [2.75, 3.05) is 7.11 Å². The number of ketones is 2. The van der Waals surface area contributed by atoms with Gasteiger partial charge in [0.05, 0.1) is 12.5 Å². The van der Waals surface area contributed by atoms with Gasteiger partial charge in [-0.2, -0.15) is 0 Å². The average molecular weight is 220 g/mol. The Labute approximate surface area is 95.4 Å². The smallest absolute Gasteiger partial charge is 0.175 e. The van der Waals surface area contributed by atoms with Gasteiger partial charge in [0, 0.05) is 5.56 Å². The van der Waals surface area contributed by atoms with E-state index in [1.807, 2.05) is 0 Å². The molecule has 0 heterocycles. The van der Waals surface area contributed by atoms with Gasteiger partial charge < -0.3 is 4.74 Å². The zero-order valence-corrected chi connectivity index (χ0v) is 10.0. The third kappa shape index (κ3) is 2.30. The standard InChI is InChI=1S/C13H16O3/c1-9(14)13(2,3)12(15)10-6-5-7-11(8-10)16-4/h5-8H,1-4H3. The molecule has 16 heavy (non-hydrogen) atoms. The Morgan fingerprint density at radius 2 is 1.88 bits per heavy atom. The first kappa shape index (κ1) is 12.4. The number of carbonyl (C=O) groups is 2. The summed E-state index contributed by atoms with van der Waals surface area (Å²) in [5.74, 6) is 0.296. The summed E-state index contributed by atoms with van der Waals surface area (Å²) in [6.45, 7) is 4.70. The van der Waals surface area contributed by atoms with E-state index < -0.39 is 5.41 Å². The maximum absolute atomic E-state index is 12.1. The predicted molar refractivity (Wildman–Crippen MR) is 61.8 cm³/mol. The van der Waals surface area contributed by atoms with Gasteiger partial charge in [0.1, 0.15) is 11.5 Å². The molecule has 0 amide bonds. The van der Waals surface area contributed by atoms with Gasteiger partial charge in [-0.3, -0.25) is 9.59 Å². The number of rotatable bonds is 4. The first-order valence-corrected chi connectivity index (χ1v) is 5.09. The highest BCUT2D eigenvalue weighted by molar-refractivity contribution is 6.13. The summed E-state index contributed by atoms with van der Waals surface area (Å²) >= 11 is 0. The number of benzene rings is 1. The molecule has 0 saturated carbocycles. The van der Waals surface area contributed by atoms with Crippen LogP contribution < -0.4 is 4.74 Å². The number of hydrogen-bond donors (Lipinski definition) is 0. The Bertz CT molecular complexity index is 419. The number of carbonyl (C=O) groups excluding carboxylic acids is 2. The molecular formula is C13H16O3. The molecule has 0 spiro atoms. The van der Waals surface area contributed by atoms with E-state index in [1.165, 1.54) is 6.92 Å². The number of ether oxygens (including phenoxy) is 1. The monoisotopic (exact) mass is 220 g/mol. The molecule has 3 heteroatoms. The molecule has 1 rings (SSSR count). The van der Waals surface area contributed by atoms with Crippen molar-refractivity contribution in [3.63, 3.8) is 0 Å². The van der Waals surface area contributed by atoms with Crippen LogP contribution in [0.25, 0.3) is 0 Å². The molecule has 0 aliphatic carbocycles. The van der Waals surface area contributed by atoms with Crippen LogP contribution in [0.4, 0.5) is 0 Å². The van der Waals surface area contributed by atoms with Crippen LogP contribution in [0.2, 0.25) is 0 Å². The van der Waals surface area contributed by atoms with E-state index in [1.54, 1.807) is 45.2 Å². The zero-order valence-electron chi connectivity index (χ0n) is 10.0. The normalized spacial score (nSPS) is 11.0. The summed E-state index contributed by atoms with van der Waals surface area (Å²) in [4.78, 5) is 23.5. The second kappa shape index (κ2) is 4.47. The molecule has 86 valence electrons. The van der Waals surface area contributed by atoms with E-state index in [9.17, 15) is 9.59 Å². The minimum Gasteiger partial charge on any atom is -0.497 e. The molecule has 0 N–H and O–H groups in total. The van der Waals surface area contributed by atoms with Gasteiger partial charge in [0.15, 0.2) is 5.78 Å². The molecule has 0 radical (unpaired) electrons. The van der Waals surface area contributed by atoms with Crippen LogP contribution >= 0.6 is 0 Å². The van der Waals surface area contributed by atoms with E-state index in [4.69, 9.17) is 4.74 Å². The van der Waals surface area contributed by atoms with E-state index in [2.05, 4.69) is 0 Å². The summed E-state index contributed by atoms with van der Waals surface area (Å²) in [5, 5.41) is 0. The first-order valence-electron chi connectivity index (χ1n) is 5.09. The summed E-state index contributed by atoms with van der Waals surface area (Å²) in [7, 11) is 1.54. The van der Waals surface area contributed by atoms with Gasteiger partial charge in [0.2, 0.25) is 0 Å². The predicted octanol–water partition coefficient (Wildman–Crippen LogP) is 2.49. The molecule has 0 unspecified atom stereocenters. The lowest BCUT2D eigenvalue weighted by atomic mass is 9.81. The van der Waals surface area contributed by atoms with Gasteiger partial charge in [0.25, 0.3) is 0 Å². The van der Waals surface area contributed by atoms with Crippen LogP contribution in [0, 0.1) is 5.41 Å². The largest absolute Gasteiger partial charge is 0.497 e. The molecule has 1 aromatic carbocycles. The first-order chi connectivity index (χ1) is 7.39. The van der Waals surface area contributed by atoms with Gasteiger partial charge in [-0.25, -0.2) is 0 Å². The molecule has 0 aliphatic rings. The van der Waals surface area contributed by atoms with E-state index in [0.29, 0.717) is 11.3 Å². The van der Waals surface area contributed by atoms with E-state index >= 15 is 0 Å². The van der Waals surface area contributed by atoms with Crippen molar-refractivity contribution in [2.45, 2.75) is 20.8 Å². The minimum absolute atomic E-state index is 0.139. The van der Waals surface area contributed by atoms with Crippen LogP contribution in [0.3, 0.4) is 0 Å². The summed E-state index contributed by atoms with van der Waals surface area (Å²) in [5.41, 5.74) is -0.480. The SMILES string of the molecule is COc1cccc(C(=O)C(C)(C)C(C)=O)c1. The highest BCUT2D eigenvalue weighted by Gasteiger charge is 2.33. The van der Waals surface area contributed by atoms with Crippen LogP contribution in [0.5, 0.6) is 5.75 Å². The summed E-state index contributed by atoms with van der Waals surface area (Å²) < 4.78 is 5.04. The maximum atomic E-state index is 12.1. The van der Waals surface area contributed by atoms with Crippen LogP contribution in [0.1, 0.15) is 31.1 Å². The lowest BCUT2D eigenvalue weighted by Gasteiger charge is -2.19. The zero-order chi connectivity index (χ0) is 12.3. The fraction of sp³-hybridized carbons (Fsp3) is 0.385. The third-order valence-corrected chi connectivity index (χ3v) is 2.78. The molecule has 0 atom stereocenters. The second-order valence-electron chi connectivity index (χ2n) is 4.24. The Balaban J connectivity index is 3.10. The van der Waals surface area contributed by atoms with Gasteiger partial charge >= 0.3 is 0 Å². The molecule has 0 fully saturated rings. The highest BCUT2D eigenvalue weighted by atomic mass is 16.5. The van der Waals surface area contributed by atoms with Crippen molar-refractivity contribution in [1.82, 2.24) is 0 Å². The van der Waals surface area contributed by atoms with Gasteiger partial charge in [-0.1, -0.05) is 12.1 Å². The quantitative estimate of drug-likeness (QED) is 0.578. The fourth-order valence-electron chi connectivity index (χ4n) is 1.29. The second-order valence-corrected chi connectivity index (χ2v) is 4.24. The van der Waals surface area contributed by atoms with E-state index in [-0.39, 0.29) is 11.6 Å². The Kier molecular flexibility index (Phi) is 3.48. The molecule has 0 aromatic heterocycles. The minimum atomic E-state index is -0.980. The topological polar surface area (TPSA) is 43.4 Å². The Hall–Kier alpha value is -1.64. The van der Waals surface area contributed by atoms with Crippen molar-refractivity contribution in [2.24, 2.45) is 5.41 Å². The lowest BCUT2D eigenvalue weighted by molar-refractivity contribution is -0.122. The van der Waals surface area contributed by atoms with Crippen molar-refractivity contribution < 1.29 is 14.3 Å². The van der Waals surface area contributed by atoms with Crippen molar-refractivity contribution in [3.8, 4) is 5.75 Å². The Morgan fingerprint density at radius 3 is 2.38 bits per heavy atom. The van der Waals surface area contributed by atoms with Crippen molar-refractivity contribution in [1.29, 1.82) is 0 Å². The fourth-order valence-corrected chi connectivity index (χ4v) is 1.29. The summed E-state index contributed by atoms with van der Waals surface area (Å²) in [6.07, 6.45) is 0. The molecule has 1 aromatic rings. The summed E-state index contributed by atoms with van der Waals surface area (Å²) in [6, 6.07) is 6.84. The van der Waals surface area contributed by atoms with Gasteiger partial charge in [-0.05, 0) is 32.9 Å². The molecule has 0 aliphatic heterocycles. The lowest BCUT2D eigenvalue weighted by Crippen LogP contribution is -2.31. The van der Waals surface area contributed by atoms with E-state index in [0.717, 1.165) is 0 Å². The third-order valence-electron chi connectivity index (χ3n) is 2.78. The van der Waals surface area contributed by atoms with Crippen molar-refractivity contribution >= 4 is 11.6 Å². The highest BCUT2D eigenvalue weighted by Crippen LogP contribution is 2.24. The maximum Gasteiger partial charge on any atom is 0.175 e. The van der Waals surface area contributed by atoms with Crippen LogP contribution in [-0.2, 0) is 4.79 Å². The Morgan fingerprint density at radius 1 is 1.25 bits per heavy atom. The number of Topliss-reactive ketones (excluding diaryl/α,β-unsaturated/α-hetero) is 2. The number of methoxy groups -OCH3 is 1. The van der Waals surface area contributed by atoms with Gasteiger partial charge in [-0.15, -0.1) is 0 Å². The van der Waals surface area contributed by atoms with Crippen molar-refractivity contribution in [3.05, 3.63) is 29.8 Å². The molecule has 3 nitrogen and oxygen atoms in total. The van der Waals surface area contributed by atoms with Crippen LogP contribution in [0.15, 0.2) is 24.3 Å². The molecular weight excluding hydrogens is 204 g/mol. The van der Waals surface area contributed by atoms with Crippen LogP contribution in [-0.4, -0.2) is 18.7 Å².